The maximum absolute atomic E-state index is 5.68. The Morgan fingerprint density at radius 2 is 1.56 bits per heavy atom. The Bertz CT molecular complexity index is 800. The van der Waals surface area contributed by atoms with Crippen molar-refractivity contribution in [3.8, 4) is 5.75 Å². The first kappa shape index (κ1) is 18.8. The summed E-state index contributed by atoms with van der Waals surface area (Å²) >= 11 is 5.68. The molecule has 0 aliphatic rings. The van der Waals surface area contributed by atoms with E-state index < -0.39 is 0 Å². The lowest BCUT2D eigenvalue weighted by Crippen LogP contribution is -2.33. The molecule has 0 radical (unpaired) electrons. The van der Waals surface area contributed by atoms with Crippen LogP contribution in [-0.2, 0) is 13.1 Å². The van der Waals surface area contributed by atoms with Crippen LogP contribution in [0.1, 0.15) is 18.1 Å². The van der Waals surface area contributed by atoms with Gasteiger partial charge in [-0.2, -0.15) is 0 Å². The minimum atomic E-state index is 0.645. The maximum Gasteiger partial charge on any atom is 0.174 e. The van der Waals surface area contributed by atoms with Gasteiger partial charge in [-0.3, -0.25) is 9.97 Å². The van der Waals surface area contributed by atoms with Crippen LogP contribution in [0.25, 0.3) is 0 Å². The van der Waals surface area contributed by atoms with Gasteiger partial charge in [0.25, 0.3) is 0 Å². The van der Waals surface area contributed by atoms with E-state index in [-0.39, 0.29) is 0 Å². The van der Waals surface area contributed by atoms with Crippen molar-refractivity contribution in [1.29, 1.82) is 0 Å². The van der Waals surface area contributed by atoms with Crippen LogP contribution in [0.15, 0.2) is 73.3 Å². The van der Waals surface area contributed by atoms with Crippen molar-refractivity contribution in [3.63, 3.8) is 0 Å². The van der Waals surface area contributed by atoms with Gasteiger partial charge >= 0.3 is 0 Å². The number of hydrogen-bond donors (Lipinski definition) is 1. The van der Waals surface area contributed by atoms with Crippen molar-refractivity contribution in [2.45, 2.75) is 20.0 Å². The molecular weight excluding hydrogens is 356 g/mol. The number of ether oxygens (including phenoxy) is 1. The number of benzene rings is 1. The van der Waals surface area contributed by atoms with Crippen LogP contribution in [0.3, 0.4) is 0 Å². The van der Waals surface area contributed by atoms with Crippen LogP contribution in [-0.4, -0.2) is 26.6 Å². The second kappa shape index (κ2) is 9.64. The van der Waals surface area contributed by atoms with Gasteiger partial charge in [0, 0.05) is 43.6 Å². The summed E-state index contributed by atoms with van der Waals surface area (Å²) in [6.45, 7) is 3.93. The molecule has 0 aliphatic carbocycles. The lowest BCUT2D eigenvalue weighted by atomic mass is 10.2. The first-order chi connectivity index (χ1) is 13.2. The van der Waals surface area contributed by atoms with E-state index in [2.05, 4.69) is 20.2 Å². The third-order valence-electron chi connectivity index (χ3n) is 3.90. The van der Waals surface area contributed by atoms with Gasteiger partial charge in [-0.1, -0.05) is 12.1 Å². The fraction of sp³-hybridized carbons (Fsp3) is 0.190. The van der Waals surface area contributed by atoms with Crippen molar-refractivity contribution < 1.29 is 4.74 Å². The normalized spacial score (nSPS) is 10.3. The van der Waals surface area contributed by atoms with Gasteiger partial charge in [-0.05, 0) is 66.7 Å². The Morgan fingerprint density at radius 1 is 0.963 bits per heavy atom. The quantitative estimate of drug-likeness (QED) is 0.620. The van der Waals surface area contributed by atoms with Crippen LogP contribution in [0.2, 0.25) is 0 Å². The van der Waals surface area contributed by atoms with Crippen LogP contribution in [0.5, 0.6) is 5.75 Å². The Balaban J connectivity index is 1.73. The third kappa shape index (κ3) is 5.76. The minimum Gasteiger partial charge on any atom is -0.494 e. The molecule has 0 amide bonds. The summed E-state index contributed by atoms with van der Waals surface area (Å²) in [6, 6.07) is 15.7. The topological polar surface area (TPSA) is 50.3 Å². The lowest BCUT2D eigenvalue weighted by Gasteiger charge is -2.26. The highest BCUT2D eigenvalue weighted by molar-refractivity contribution is 7.80. The number of anilines is 1. The molecule has 138 valence electrons. The molecule has 3 rings (SSSR count). The predicted octanol–water partition coefficient (Wildman–Crippen LogP) is 4.27. The fourth-order valence-corrected chi connectivity index (χ4v) is 2.87. The summed E-state index contributed by atoms with van der Waals surface area (Å²) in [7, 11) is 0. The summed E-state index contributed by atoms with van der Waals surface area (Å²) in [4.78, 5) is 10.5. The van der Waals surface area contributed by atoms with Crippen molar-refractivity contribution in [3.05, 3.63) is 84.4 Å². The first-order valence-electron chi connectivity index (χ1n) is 8.81. The van der Waals surface area contributed by atoms with Gasteiger partial charge in [0.15, 0.2) is 5.11 Å². The average Bonchev–Trinajstić information content (AvgIpc) is 2.71. The molecule has 0 spiro atoms. The van der Waals surface area contributed by atoms with Gasteiger partial charge in [-0.25, -0.2) is 0 Å². The van der Waals surface area contributed by atoms with E-state index in [1.807, 2.05) is 67.8 Å². The van der Waals surface area contributed by atoms with Gasteiger partial charge in [0.2, 0.25) is 0 Å². The number of aromatic nitrogens is 2. The molecule has 6 heteroatoms. The molecule has 0 saturated carbocycles. The van der Waals surface area contributed by atoms with E-state index in [0.717, 1.165) is 22.6 Å². The molecule has 5 nitrogen and oxygen atoms in total. The van der Waals surface area contributed by atoms with Crippen LogP contribution in [0.4, 0.5) is 5.69 Å². The van der Waals surface area contributed by atoms with Crippen molar-refractivity contribution >= 4 is 23.0 Å². The molecule has 3 aromatic rings. The summed E-state index contributed by atoms with van der Waals surface area (Å²) in [6.07, 6.45) is 7.25. The highest BCUT2D eigenvalue weighted by Crippen LogP contribution is 2.17. The zero-order chi connectivity index (χ0) is 18.9. The van der Waals surface area contributed by atoms with Crippen LogP contribution < -0.4 is 10.1 Å². The number of rotatable bonds is 7. The standard InChI is InChI=1S/C21H22N4OS/c1-2-26-20-9-7-19(8-10-20)24-21(27)25(15-17-5-3-11-22-13-17)16-18-6-4-12-23-14-18/h3-14H,2,15-16H2,1H3,(H,24,27). The smallest absolute Gasteiger partial charge is 0.174 e. The predicted molar refractivity (Wildman–Crippen MR) is 112 cm³/mol. The molecule has 1 N–H and O–H groups in total. The van der Waals surface area contributed by atoms with E-state index in [1.54, 1.807) is 12.4 Å². The molecule has 0 aliphatic heterocycles. The van der Waals surface area contributed by atoms with Gasteiger partial charge in [-0.15, -0.1) is 0 Å². The minimum absolute atomic E-state index is 0.645. The number of thiocarbonyl (C=S) groups is 1. The zero-order valence-electron chi connectivity index (χ0n) is 15.2. The zero-order valence-corrected chi connectivity index (χ0v) is 16.0. The SMILES string of the molecule is CCOc1ccc(NC(=S)N(Cc2cccnc2)Cc2cccnc2)cc1. The molecule has 27 heavy (non-hydrogen) atoms. The van der Waals surface area contributed by atoms with Gasteiger partial charge < -0.3 is 15.0 Å². The number of nitrogens with zero attached hydrogens (tertiary/aromatic N) is 3. The highest BCUT2D eigenvalue weighted by Gasteiger charge is 2.12. The number of hydrogen-bond acceptors (Lipinski definition) is 4. The molecule has 0 atom stereocenters. The van der Waals surface area contributed by atoms with Crippen LogP contribution >= 0.6 is 12.2 Å². The number of nitrogens with one attached hydrogen (secondary N) is 1. The van der Waals surface area contributed by atoms with E-state index in [1.165, 1.54) is 0 Å². The van der Waals surface area contributed by atoms with Gasteiger partial charge in [0.05, 0.1) is 6.61 Å². The Labute approximate surface area is 165 Å². The summed E-state index contributed by atoms with van der Waals surface area (Å²) in [5, 5.41) is 3.96. The van der Waals surface area contributed by atoms with E-state index in [9.17, 15) is 0 Å². The Hall–Kier alpha value is -2.99. The van der Waals surface area contributed by atoms with E-state index >= 15 is 0 Å². The van der Waals surface area contributed by atoms with Gasteiger partial charge in [0.1, 0.15) is 5.75 Å². The summed E-state index contributed by atoms with van der Waals surface area (Å²) in [5.41, 5.74) is 3.11. The molecule has 2 heterocycles. The molecule has 1 aromatic carbocycles. The largest absolute Gasteiger partial charge is 0.494 e. The van der Waals surface area contributed by atoms with Crippen molar-refractivity contribution in [1.82, 2.24) is 14.9 Å². The molecule has 0 fully saturated rings. The van der Waals surface area contributed by atoms with E-state index in [4.69, 9.17) is 17.0 Å². The van der Waals surface area contributed by atoms with Crippen LogP contribution in [0, 0.1) is 0 Å². The fourth-order valence-electron chi connectivity index (χ4n) is 2.63. The molecule has 0 unspecified atom stereocenters. The summed E-state index contributed by atoms with van der Waals surface area (Å²) < 4.78 is 5.49. The molecule has 2 aromatic heterocycles. The monoisotopic (exact) mass is 378 g/mol. The molecule has 0 bridgehead atoms. The first-order valence-corrected chi connectivity index (χ1v) is 9.22. The second-order valence-corrected chi connectivity index (χ2v) is 6.35. The average molecular weight is 379 g/mol. The number of pyridine rings is 2. The van der Waals surface area contributed by atoms with Crippen molar-refractivity contribution in [2.24, 2.45) is 0 Å². The highest BCUT2D eigenvalue weighted by atomic mass is 32.1. The Kier molecular flexibility index (Phi) is 6.71. The lowest BCUT2D eigenvalue weighted by molar-refractivity contribution is 0.340. The maximum atomic E-state index is 5.68. The molecule has 0 saturated heterocycles. The van der Waals surface area contributed by atoms with Crippen molar-refractivity contribution in [2.75, 3.05) is 11.9 Å². The van der Waals surface area contributed by atoms with E-state index in [0.29, 0.717) is 24.8 Å². The molecular formula is C21H22N4OS. The second-order valence-electron chi connectivity index (χ2n) is 5.97. The Morgan fingerprint density at radius 3 is 2.04 bits per heavy atom. The summed E-state index contributed by atoms with van der Waals surface area (Å²) in [5.74, 6) is 0.844. The third-order valence-corrected chi connectivity index (χ3v) is 4.26.